The van der Waals surface area contributed by atoms with Crippen molar-refractivity contribution in [3.05, 3.63) is 0 Å². The first kappa shape index (κ1) is 6.05. The van der Waals surface area contributed by atoms with Crippen LogP contribution in [0.3, 0.4) is 0 Å². The largest absolute Gasteiger partial charge is 0.298 e. The molecule has 8 heavy (non-hydrogen) atoms. The predicted molar refractivity (Wildman–Crippen MR) is 34.7 cm³/mol. The number of hydrogen-bond donors (Lipinski definition) is 2. The molecule has 2 nitrogen and oxygen atoms in total. The average Bonchev–Trinajstić information content (AvgIpc) is 1.82. The van der Waals surface area contributed by atoms with Crippen LogP contribution in [0.2, 0.25) is 0 Å². The Hall–Kier alpha value is -0.0800. The number of rotatable bonds is 0. The van der Waals surface area contributed by atoms with E-state index < -0.39 is 0 Å². The van der Waals surface area contributed by atoms with Gasteiger partial charge in [0.05, 0.1) is 5.66 Å². The van der Waals surface area contributed by atoms with Gasteiger partial charge in [-0.2, -0.15) is 0 Å². The van der Waals surface area contributed by atoms with Crippen LogP contribution in [0.1, 0.15) is 20.8 Å². The fourth-order valence-corrected chi connectivity index (χ4v) is 1.13. The molecule has 0 bridgehead atoms. The summed E-state index contributed by atoms with van der Waals surface area (Å²) in [6.07, 6.45) is 0. The molecular formula is C6H14N2. The minimum Gasteiger partial charge on any atom is -0.298 e. The van der Waals surface area contributed by atoms with E-state index in [0.29, 0.717) is 6.04 Å². The fourth-order valence-electron chi connectivity index (χ4n) is 1.13. The van der Waals surface area contributed by atoms with Gasteiger partial charge in [-0.05, 0) is 20.8 Å². The molecule has 0 aromatic carbocycles. The highest BCUT2D eigenvalue weighted by atomic mass is 15.3. The van der Waals surface area contributed by atoms with Crippen LogP contribution in [0, 0.1) is 0 Å². The highest BCUT2D eigenvalue weighted by Crippen LogP contribution is 2.04. The standard InChI is InChI=1S/C6H14N2/c1-5-4-7-6(2,3)8-5/h5,7-8H,4H2,1-3H3/t5-/m0/s1. The van der Waals surface area contributed by atoms with Crippen molar-refractivity contribution in [2.75, 3.05) is 6.54 Å². The summed E-state index contributed by atoms with van der Waals surface area (Å²) in [5.74, 6) is 0. The molecule has 1 rings (SSSR count). The smallest absolute Gasteiger partial charge is 0.0632 e. The van der Waals surface area contributed by atoms with Crippen LogP contribution in [-0.2, 0) is 0 Å². The van der Waals surface area contributed by atoms with Crippen molar-refractivity contribution in [2.24, 2.45) is 0 Å². The number of nitrogens with one attached hydrogen (secondary N) is 2. The van der Waals surface area contributed by atoms with E-state index in [1.165, 1.54) is 0 Å². The monoisotopic (exact) mass is 114 g/mol. The van der Waals surface area contributed by atoms with Crippen LogP contribution in [0.15, 0.2) is 0 Å². The molecule has 48 valence electrons. The van der Waals surface area contributed by atoms with E-state index >= 15 is 0 Å². The van der Waals surface area contributed by atoms with Gasteiger partial charge in [0.25, 0.3) is 0 Å². The first-order valence-electron chi connectivity index (χ1n) is 3.13. The van der Waals surface area contributed by atoms with Crippen molar-refractivity contribution >= 4 is 0 Å². The van der Waals surface area contributed by atoms with E-state index in [4.69, 9.17) is 0 Å². The zero-order valence-corrected chi connectivity index (χ0v) is 5.78. The lowest BCUT2D eigenvalue weighted by Crippen LogP contribution is -2.43. The highest BCUT2D eigenvalue weighted by molar-refractivity contribution is 4.86. The topological polar surface area (TPSA) is 24.1 Å². The van der Waals surface area contributed by atoms with E-state index in [0.717, 1.165) is 6.54 Å². The van der Waals surface area contributed by atoms with Crippen LogP contribution in [-0.4, -0.2) is 18.2 Å². The first-order chi connectivity index (χ1) is 3.60. The first-order valence-corrected chi connectivity index (χ1v) is 3.13. The molecule has 1 heterocycles. The second-order valence-corrected chi connectivity index (χ2v) is 3.05. The predicted octanol–water partition coefficient (Wildman–Crippen LogP) is 0.304. The molecule has 0 aromatic heterocycles. The summed E-state index contributed by atoms with van der Waals surface area (Å²) >= 11 is 0. The summed E-state index contributed by atoms with van der Waals surface area (Å²) < 4.78 is 0. The lowest BCUT2D eigenvalue weighted by molar-refractivity contribution is 0.397. The van der Waals surface area contributed by atoms with Gasteiger partial charge in [-0.15, -0.1) is 0 Å². The van der Waals surface area contributed by atoms with Crippen LogP contribution < -0.4 is 10.6 Å². The zero-order chi connectivity index (χ0) is 6.20. The maximum atomic E-state index is 3.38. The summed E-state index contributed by atoms with van der Waals surface area (Å²) in [6, 6.07) is 0.630. The van der Waals surface area contributed by atoms with Crippen LogP contribution in [0.5, 0.6) is 0 Å². The molecule has 0 radical (unpaired) electrons. The lowest BCUT2D eigenvalue weighted by Gasteiger charge is -2.18. The van der Waals surface area contributed by atoms with Gasteiger partial charge in [0, 0.05) is 12.6 Å². The Bertz CT molecular complexity index is 88.5. The molecule has 0 aromatic rings. The zero-order valence-electron chi connectivity index (χ0n) is 5.78. The maximum absolute atomic E-state index is 3.38. The second kappa shape index (κ2) is 1.71. The van der Waals surface area contributed by atoms with Crippen molar-refractivity contribution in [3.63, 3.8) is 0 Å². The van der Waals surface area contributed by atoms with Gasteiger partial charge in [0.1, 0.15) is 0 Å². The van der Waals surface area contributed by atoms with Gasteiger partial charge in [-0.3, -0.25) is 10.6 Å². The molecule has 1 saturated heterocycles. The Balaban J connectivity index is 2.44. The Morgan fingerprint density at radius 2 is 2.12 bits per heavy atom. The van der Waals surface area contributed by atoms with Crippen LogP contribution in [0.25, 0.3) is 0 Å². The molecule has 0 saturated carbocycles. The third-order valence-electron chi connectivity index (χ3n) is 1.46. The quantitative estimate of drug-likeness (QED) is 0.473. The Kier molecular flexibility index (Phi) is 1.29. The Morgan fingerprint density at radius 3 is 2.25 bits per heavy atom. The van der Waals surface area contributed by atoms with E-state index in [1.807, 2.05) is 0 Å². The SMILES string of the molecule is C[C@H]1CNC(C)(C)N1. The van der Waals surface area contributed by atoms with E-state index in [2.05, 4.69) is 31.4 Å². The van der Waals surface area contributed by atoms with E-state index in [-0.39, 0.29) is 5.66 Å². The number of hydrogen-bond acceptors (Lipinski definition) is 2. The van der Waals surface area contributed by atoms with Crippen molar-refractivity contribution < 1.29 is 0 Å². The molecule has 2 N–H and O–H groups in total. The average molecular weight is 114 g/mol. The van der Waals surface area contributed by atoms with E-state index in [9.17, 15) is 0 Å². The Morgan fingerprint density at radius 1 is 1.50 bits per heavy atom. The second-order valence-electron chi connectivity index (χ2n) is 3.05. The van der Waals surface area contributed by atoms with Crippen LogP contribution in [0.4, 0.5) is 0 Å². The highest BCUT2D eigenvalue weighted by Gasteiger charge is 2.25. The Labute approximate surface area is 50.7 Å². The minimum absolute atomic E-state index is 0.166. The minimum atomic E-state index is 0.166. The van der Waals surface area contributed by atoms with Gasteiger partial charge in [0.2, 0.25) is 0 Å². The van der Waals surface area contributed by atoms with Gasteiger partial charge >= 0.3 is 0 Å². The van der Waals surface area contributed by atoms with Crippen molar-refractivity contribution in [1.29, 1.82) is 0 Å². The van der Waals surface area contributed by atoms with Gasteiger partial charge in [-0.25, -0.2) is 0 Å². The molecule has 0 unspecified atom stereocenters. The van der Waals surface area contributed by atoms with Crippen molar-refractivity contribution in [1.82, 2.24) is 10.6 Å². The van der Waals surface area contributed by atoms with Gasteiger partial charge in [0.15, 0.2) is 0 Å². The van der Waals surface area contributed by atoms with E-state index in [1.54, 1.807) is 0 Å². The molecule has 0 spiro atoms. The fraction of sp³-hybridized carbons (Fsp3) is 1.00. The summed E-state index contributed by atoms with van der Waals surface area (Å²) in [5, 5.41) is 6.72. The van der Waals surface area contributed by atoms with Gasteiger partial charge in [-0.1, -0.05) is 0 Å². The van der Waals surface area contributed by atoms with Crippen molar-refractivity contribution in [2.45, 2.75) is 32.5 Å². The molecule has 1 atom stereocenters. The summed E-state index contributed by atoms with van der Waals surface area (Å²) in [5.41, 5.74) is 0.166. The molecule has 1 aliphatic heterocycles. The van der Waals surface area contributed by atoms with Crippen LogP contribution >= 0.6 is 0 Å². The summed E-state index contributed by atoms with van der Waals surface area (Å²) in [4.78, 5) is 0. The molecular weight excluding hydrogens is 100 g/mol. The van der Waals surface area contributed by atoms with Crippen molar-refractivity contribution in [3.8, 4) is 0 Å². The lowest BCUT2D eigenvalue weighted by atomic mass is 10.3. The molecule has 1 aliphatic rings. The third kappa shape index (κ3) is 1.20. The third-order valence-corrected chi connectivity index (χ3v) is 1.46. The molecule has 2 heteroatoms. The summed E-state index contributed by atoms with van der Waals surface area (Å²) in [7, 11) is 0. The molecule has 0 amide bonds. The molecule has 1 fully saturated rings. The normalized spacial score (nSPS) is 35.6. The molecule has 0 aliphatic carbocycles. The van der Waals surface area contributed by atoms with Gasteiger partial charge < -0.3 is 0 Å². The maximum Gasteiger partial charge on any atom is 0.0632 e. The summed E-state index contributed by atoms with van der Waals surface area (Å²) in [6.45, 7) is 7.57.